The van der Waals surface area contributed by atoms with Crippen LogP contribution < -0.4 is 14.4 Å². The highest BCUT2D eigenvalue weighted by Gasteiger charge is 2.33. The molecule has 208 valence electrons. The van der Waals surface area contributed by atoms with Gasteiger partial charge in [-0.25, -0.2) is 8.42 Å². The van der Waals surface area contributed by atoms with Crippen LogP contribution in [0.2, 0.25) is 0 Å². The maximum Gasteiger partial charge on any atom is 0.264 e. The van der Waals surface area contributed by atoms with Crippen molar-refractivity contribution in [2.24, 2.45) is 0 Å². The Hall–Kier alpha value is -3.50. The molecule has 3 rings (SSSR count). The van der Waals surface area contributed by atoms with Crippen molar-refractivity contribution >= 4 is 39.3 Å². The van der Waals surface area contributed by atoms with Crippen LogP contribution in [0.5, 0.6) is 5.75 Å². The van der Waals surface area contributed by atoms with Crippen LogP contribution in [0.1, 0.15) is 25.8 Å². The van der Waals surface area contributed by atoms with Gasteiger partial charge in [0, 0.05) is 18.5 Å². The fourth-order valence-electron chi connectivity index (χ4n) is 4.15. The lowest BCUT2D eigenvalue weighted by molar-refractivity contribution is -0.140. The van der Waals surface area contributed by atoms with Crippen molar-refractivity contribution in [1.29, 1.82) is 0 Å². The largest absolute Gasteiger partial charge is 0.494 e. The van der Waals surface area contributed by atoms with Gasteiger partial charge in [-0.05, 0) is 73.7 Å². The average Bonchev–Trinajstić information content (AvgIpc) is 2.96. The number of anilines is 1. The highest BCUT2D eigenvalue weighted by molar-refractivity contribution is 7.98. The van der Waals surface area contributed by atoms with Crippen molar-refractivity contribution < 1.29 is 22.7 Å². The molecule has 10 heteroatoms. The number of carbonyl (C=O) groups is 2. The number of amides is 2. The minimum Gasteiger partial charge on any atom is -0.494 e. The topological polar surface area (TPSA) is 96.0 Å². The molecule has 0 unspecified atom stereocenters. The van der Waals surface area contributed by atoms with E-state index in [1.165, 1.54) is 35.8 Å². The van der Waals surface area contributed by atoms with Crippen LogP contribution in [0.15, 0.2) is 88.7 Å². The Labute approximate surface area is 235 Å². The number of ether oxygens (including phenoxy) is 1. The summed E-state index contributed by atoms with van der Waals surface area (Å²) in [6.07, 6.45) is 2.27. The highest BCUT2D eigenvalue weighted by atomic mass is 32.2. The first-order chi connectivity index (χ1) is 18.7. The summed E-state index contributed by atoms with van der Waals surface area (Å²) in [6, 6.07) is 21.6. The van der Waals surface area contributed by atoms with E-state index >= 15 is 0 Å². The molecular weight excluding hydrogens is 534 g/mol. The third-order valence-electron chi connectivity index (χ3n) is 6.19. The second-order valence-electron chi connectivity index (χ2n) is 8.66. The van der Waals surface area contributed by atoms with Gasteiger partial charge in [0.05, 0.1) is 17.2 Å². The minimum absolute atomic E-state index is 0.0648. The first kappa shape index (κ1) is 30.0. The molecule has 39 heavy (non-hydrogen) atoms. The summed E-state index contributed by atoms with van der Waals surface area (Å²) in [5.41, 5.74) is 1.14. The predicted octanol–water partition coefficient (Wildman–Crippen LogP) is 4.56. The van der Waals surface area contributed by atoms with Crippen molar-refractivity contribution in [3.05, 3.63) is 84.4 Å². The number of nitrogens with zero attached hydrogens (tertiary/aromatic N) is 2. The maximum absolute atomic E-state index is 13.9. The number of sulfonamides is 1. The number of carbonyl (C=O) groups excluding carboxylic acids is 2. The Morgan fingerprint density at radius 1 is 0.949 bits per heavy atom. The van der Waals surface area contributed by atoms with Crippen molar-refractivity contribution in [3.8, 4) is 5.75 Å². The van der Waals surface area contributed by atoms with Gasteiger partial charge >= 0.3 is 0 Å². The van der Waals surface area contributed by atoms with E-state index in [1.54, 1.807) is 36.4 Å². The summed E-state index contributed by atoms with van der Waals surface area (Å²) in [5, 5.41) is 2.63. The van der Waals surface area contributed by atoms with Gasteiger partial charge in [-0.1, -0.05) is 37.3 Å². The summed E-state index contributed by atoms with van der Waals surface area (Å²) in [6.45, 7) is 3.82. The molecule has 0 spiro atoms. The van der Waals surface area contributed by atoms with Gasteiger partial charge in [-0.15, -0.1) is 11.8 Å². The molecular formula is C29H35N3O5S2. The lowest BCUT2D eigenvalue weighted by Gasteiger charge is -2.33. The monoisotopic (exact) mass is 569 g/mol. The number of hydrogen-bond donors (Lipinski definition) is 1. The van der Waals surface area contributed by atoms with Gasteiger partial charge in [0.25, 0.3) is 10.0 Å². The number of nitrogens with one attached hydrogen (secondary N) is 1. The first-order valence-electron chi connectivity index (χ1n) is 12.7. The Balaban J connectivity index is 2.05. The van der Waals surface area contributed by atoms with Gasteiger partial charge in [-0.2, -0.15) is 0 Å². The molecule has 3 aromatic rings. The minimum atomic E-state index is -4.13. The molecule has 0 aliphatic rings. The van der Waals surface area contributed by atoms with Crippen LogP contribution in [0, 0.1) is 0 Å². The summed E-state index contributed by atoms with van der Waals surface area (Å²) >= 11 is 1.50. The molecule has 0 bridgehead atoms. The summed E-state index contributed by atoms with van der Waals surface area (Å²) in [5.74, 6) is -0.219. The van der Waals surface area contributed by atoms with Crippen LogP contribution in [0.4, 0.5) is 5.69 Å². The molecule has 0 heterocycles. The van der Waals surface area contributed by atoms with Crippen LogP contribution >= 0.6 is 11.8 Å². The predicted molar refractivity (Wildman–Crippen MR) is 156 cm³/mol. The lowest BCUT2D eigenvalue weighted by Crippen LogP contribution is -2.51. The average molecular weight is 570 g/mol. The Bertz CT molecular complexity index is 1330. The summed E-state index contributed by atoms with van der Waals surface area (Å²) < 4.78 is 34.5. The highest BCUT2D eigenvalue weighted by Crippen LogP contribution is 2.28. The van der Waals surface area contributed by atoms with Crippen LogP contribution in [0.3, 0.4) is 0 Å². The molecule has 3 aromatic carbocycles. The van der Waals surface area contributed by atoms with E-state index in [9.17, 15) is 18.0 Å². The zero-order valence-corrected chi connectivity index (χ0v) is 24.3. The van der Waals surface area contributed by atoms with Gasteiger partial charge in [-0.3, -0.25) is 13.9 Å². The number of rotatable bonds is 13. The van der Waals surface area contributed by atoms with Gasteiger partial charge in [0.2, 0.25) is 11.8 Å². The molecule has 1 atom stereocenters. The SMILES string of the molecule is CCOc1ccc(N(CC(=O)N(Cc2ccccc2)[C@@H](CC)C(=O)NC)S(=O)(=O)c2ccc(SC)cc2)cc1. The van der Waals surface area contributed by atoms with Crippen molar-refractivity contribution in [3.63, 3.8) is 0 Å². The number of likely N-dealkylation sites (N-methyl/N-ethyl adjacent to an activating group) is 1. The Kier molecular flexibility index (Phi) is 10.8. The molecule has 0 aliphatic carbocycles. The zero-order valence-electron chi connectivity index (χ0n) is 22.7. The van der Waals surface area contributed by atoms with Crippen molar-refractivity contribution in [1.82, 2.24) is 10.2 Å². The van der Waals surface area contributed by atoms with Crippen LogP contribution in [-0.4, -0.2) is 57.6 Å². The van der Waals surface area contributed by atoms with E-state index in [1.807, 2.05) is 50.4 Å². The molecule has 0 aliphatic heterocycles. The fourth-order valence-corrected chi connectivity index (χ4v) is 5.97. The third kappa shape index (κ3) is 7.54. The van der Waals surface area contributed by atoms with Crippen LogP contribution in [0.25, 0.3) is 0 Å². The van der Waals surface area contributed by atoms with Gasteiger partial charge in [0.15, 0.2) is 0 Å². The van der Waals surface area contributed by atoms with Crippen molar-refractivity contribution in [2.75, 3.05) is 30.8 Å². The second-order valence-corrected chi connectivity index (χ2v) is 11.4. The number of benzene rings is 3. The second kappa shape index (κ2) is 14.0. The number of hydrogen-bond acceptors (Lipinski definition) is 6. The van der Waals surface area contributed by atoms with Crippen molar-refractivity contribution in [2.45, 2.75) is 42.6 Å². The standard InChI is InChI=1S/C29H35N3O5S2/c1-5-27(29(34)30-3)31(20-22-10-8-7-9-11-22)28(33)21-32(23-12-14-24(15-13-23)37-6-2)39(35,36)26-18-16-25(38-4)17-19-26/h7-19,27H,5-6,20-21H2,1-4H3,(H,30,34)/t27-/m0/s1. The molecule has 2 amide bonds. The summed E-state index contributed by atoms with van der Waals surface area (Å²) in [7, 11) is -2.61. The lowest BCUT2D eigenvalue weighted by atomic mass is 10.1. The van der Waals surface area contributed by atoms with E-state index in [0.29, 0.717) is 24.5 Å². The van der Waals surface area contributed by atoms with Crippen LogP contribution in [-0.2, 0) is 26.2 Å². The molecule has 0 saturated heterocycles. The molecule has 0 aromatic heterocycles. The Morgan fingerprint density at radius 2 is 1.59 bits per heavy atom. The van der Waals surface area contributed by atoms with Gasteiger partial charge < -0.3 is 15.0 Å². The molecule has 0 saturated carbocycles. The van der Waals surface area contributed by atoms with E-state index < -0.39 is 28.5 Å². The normalized spacial score (nSPS) is 11.9. The molecule has 0 radical (unpaired) electrons. The van der Waals surface area contributed by atoms with E-state index in [0.717, 1.165) is 14.8 Å². The summed E-state index contributed by atoms with van der Waals surface area (Å²) in [4.78, 5) is 29.1. The quantitative estimate of drug-likeness (QED) is 0.303. The van der Waals surface area contributed by atoms with E-state index in [2.05, 4.69) is 5.32 Å². The van der Waals surface area contributed by atoms with E-state index in [4.69, 9.17) is 4.74 Å². The Morgan fingerprint density at radius 3 is 2.13 bits per heavy atom. The molecule has 1 N–H and O–H groups in total. The zero-order chi connectivity index (χ0) is 28.4. The molecule has 0 fully saturated rings. The smallest absolute Gasteiger partial charge is 0.264 e. The van der Waals surface area contributed by atoms with E-state index in [-0.39, 0.29) is 17.3 Å². The fraction of sp³-hybridized carbons (Fsp3) is 0.310. The number of thioether (sulfide) groups is 1. The van der Waals surface area contributed by atoms with Gasteiger partial charge in [0.1, 0.15) is 18.3 Å². The third-order valence-corrected chi connectivity index (χ3v) is 8.72. The molecule has 8 nitrogen and oxygen atoms in total. The maximum atomic E-state index is 13.9. The first-order valence-corrected chi connectivity index (χ1v) is 15.4.